The first-order valence-electron chi connectivity index (χ1n) is 4.97. The summed E-state index contributed by atoms with van der Waals surface area (Å²) in [5, 5.41) is 18.7. The molecule has 0 spiro atoms. The predicted molar refractivity (Wildman–Crippen MR) is 57.4 cm³/mol. The predicted octanol–water partition coefficient (Wildman–Crippen LogP) is -1.33. The lowest BCUT2D eigenvalue weighted by Gasteiger charge is -2.06. The second-order valence-electron chi connectivity index (χ2n) is 3.20. The van der Waals surface area contributed by atoms with E-state index in [1.54, 1.807) is 6.07 Å². The van der Waals surface area contributed by atoms with Crippen molar-refractivity contribution >= 4 is 17.9 Å². The second kappa shape index (κ2) is 6.89. The molecule has 1 aromatic rings. The van der Waals surface area contributed by atoms with Gasteiger partial charge < -0.3 is 25.6 Å². The van der Waals surface area contributed by atoms with Crippen LogP contribution in [0.2, 0.25) is 0 Å². The Morgan fingerprint density at radius 1 is 1.22 bits per heavy atom. The number of carbonyl (C=O) groups is 3. The van der Waals surface area contributed by atoms with Gasteiger partial charge in [0, 0.05) is 6.07 Å². The molecule has 0 saturated carbocycles. The summed E-state index contributed by atoms with van der Waals surface area (Å²) in [5.74, 6) is -1.74. The number of carbonyl (C=O) groups excluding carboxylic acids is 2. The number of amides is 3. The van der Waals surface area contributed by atoms with Crippen molar-refractivity contribution in [1.82, 2.24) is 21.1 Å². The van der Waals surface area contributed by atoms with Crippen LogP contribution in [0.15, 0.2) is 16.9 Å². The summed E-state index contributed by atoms with van der Waals surface area (Å²) in [7, 11) is 0. The van der Waals surface area contributed by atoms with Crippen LogP contribution in [0, 0.1) is 0 Å². The summed E-state index contributed by atoms with van der Waals surface area (Å²) in [4.78, 5) is 32.4. The molecule has 0 aliphatic rings. The zero-order chi connectivity index (χ0) is 13.4. The maximum atomic E-state index is 11.2. The normalized spacial score (nSPS) is 9.56. The molecule has 3 amide bonds. The molecule has 18 heavy (non-hydrogen) atoms. The average Bonchev–Trinajstić information content (AvgIpc) is 2.84. The number of nitrogens with zero attached hydrogens (tertiary/aromatic N) is 1. The first-order chi connectivity index (χ1) is 8.58. The highest BCUT2D eigenvalue weighted by Crippen LogP contribution is 1.92. The fourth-order valence-corrected chi connectivity index (χ4v) is 0.959. The molecule has 1 heterocycles. The first-order valence-corrected chi connectivity index (χ1v) is 4.97. The fraction of sp³-hybridized carbons (Fsp3) is 0.333. The summed E-state index contributed by atoms with van der Waals surface area (Å²) in [6, 6.07) is 1.02. The standard InChI is InChI=1S/C9H12N4O5/c14-7(10-5-8(15)16)4-12-9(17)11-3-6-1-2-18-13-6/h1-2H,3-5H2,(H,10,14)(H,15,16)(H2,11,12,17). The number of rotatable bonds is 6. The molecule has 9 heteroatoms. The zero-order valence-electron chi connectivity index (χ0n) is 9.30. The minimum Gasteiger partial charge on any atom is -0.480 e. The molecule has 0 fully saturated rings. The third-order valence-electron chi connectivity index (χ3n) is 1.77. The summed E-state index contributed by atoms with van der Waals surface area (Å²) in [6.45, 7) is -0.627. The summed E-state index contributed by atoms with van der Waals surface area (Å²) in [6.07, 6.45) is 1.37. The van der Waals surface area contributed by atoms with Gasteiger partial charge in [0.15, 0.2) is 0 Å². The van der Waals surface area contributed by atoms with Gasteiger partial charge in [0.1, 0.15) is 18.5 Å². The number of aromatic nitrogens is 1. The zero-order valence-corrected chi connectivity index (χ0v) is 9.30. The van der Waals surface area contributed by atoms with Crippen LogP contribution < -0.4 is 16.0 Å². The van der Waals surface area contributed by atoms with Gasteiger partial charge in [0.05, 0.1) is 13.1 Å². The van der Waals surface area contributed by atoms with Crippen LogP contribution in [0.1, 0.15) is 5.69 Å². The number of carboxylic acid groups (broad SMARTS) is 1. The van der Waals surface area contributed by atoms with E-state index >= 15 is 0 Å². The number of nitrogens with one attached hydrogen (secondary N) is 3. The molecule has 4 N–H and O–H groups in total. The molecule has 0 unspecified atom stereocenters. The minimum atomic E-state index is -1.15. The Kier molecular flexibility index (Phi) is 5.16. The minimum absolute atomic E-state index is 0.166. The molecule has 0 atom stereocenters. The molecule has 0 saturated heterocycles. The summed E-state index contributed by atoms with van der Waals surface area (Å²) >= 11 is 0. The van der Waals surface area contributed by atoms with Gasteiger partial charge in [-0.05, 0) is 0 Å². The molecule has 9 nitrogen and oxygen atoms in total. The van der Waals surface area contributed by atoms with Crippen molar-refractivity contribution in [2.24, 2.45) is 0 Å². The van der Waals surface area contributed by atoms with Crippen LogP contribution >= 0.6 is 0 Å². The van der Waals surface area contributed by atoms with Crippen molar-refractivity contribution in [2.45, 2.75) is 6.54 Å². The lowest BCUT2D eigenvalue weighted by Crippen LogP contribution is -2.42. The van der Waals surface area contributed by atoms with Crippen molar-refractivity contribution in [1.29, 1.82) is 0 Å². The highest BCUT2D eigenvalue weighted by Gasteiger charge is 2.06. The van der Waals surface area contributed by atoms with E-state index in [1.807, 2.05) is 0 Å². The van der Waals surface area contributed by atoms with Crippen LogP contribution in [0.25, 0.3) is 0 Å². The van der Waals surface area contributed by atoms with E-state index in [0.29, 0.717) is 5.69 Å². The number of hydrogen-bond donors (Lipinski definition) is 4. The fourth-order valence-electron chi connectivity index (χ4n) is 0.959. The molecule has 0 aliphatic heterocycles. The molecule has 1 aromatic heterocycles. The molecule has 0 aromatic carbocycles. The van der Waals surface area contributed by atoms with Crippen molar-refractivity contribution in [3.05, 3.63) is 18.0 Å². The number of urea groups is 1. The summed E-state index contributed by atoms with van der Waals surface area (Å²) in [5.41, 5.74) is 0.542. The van der Waals surface area contributed by atoms with Gasteiger partial charge >= 0.3 is 12.0 Å². The SMILES string of the molecule is O=C(O)CNC(=O)CNC(=O)NCc1ccon1. The Balaban J connectivity index is 2.13. The van der Waals surface area contributed by atoms with Crippen molar-refractivity contribution < 1.29 is 24.0 Å². The highest BCUT2D eigenvalue weighted by molar-refractivity contribution is 5.86. The van der Waals surface area contributed by atoms with Crippen LogP contribution in [0.4, 0.5) is 4.79 Å². The maximum absolute atomic E-state index is 11.2. The van der Waals surface area contributed by atoms with Gasteiger partial charge in [-0.15, -0.1) is 0 Å². The smallest absolute Gasteiger partial charge is 0.322 e. The third kappa shape index (κ3) is 5.49. The number of hydrogen-bond acceptors (Lipinski definition) is 5. The molecule has 1 rings (SSSR count). The van der Waals surface area contributed by atoms with Crippen molar-refractivity contribution in [3.63, 3.8) is 0 Å². The topological polar surface area (TPSA) is 134 Å². The summed E-state index contributed by atoms with van der Waals surface area (Å²) < 4.78 is 4.56. The van der Waals surface area contributed by atoms with Gasteiger partial charge in [0.25, 0.3) is 0 Å². The molecule has 0 aliphatic carbocycles. The molecule has 0 bridgehead atoms. The van der Waals surface area contributed by atoms with E-state index in [2.05, 4.69) is 25.6 Å². The van der Waals surface area contributed by atoms with Crippen LogP contribution in [-0.4, -0.2) is 41.3 Å². The second-order valence-corrected chi connectivity index (χ2v) is 3.20. The Labute approximate surface area is 102 Å². The van der Waals surface area contributed by atoms with Gasteiger partial charge in [0.2, 0.25) is 5.91 Å². The largest absolute Gasteiger partial charge is 0.480 e. The Hall–Kier alpha value is -2.58. The Morgan fingerprint density at radius 2 is 2.00 bits per heavy atom. The first kappa shape index (κ1) is 13.5. The number of carboxylic acids is 1. The van der Waals surface area contributed by atoms with Crippen LogP contribution in [0.5, 0.6) is 0 Å². The van der Waals surface area contributed by atoms with E-state index in [4.69, 9.17) is 5.11 Å². The third-order valence-corrected chi connectivity index (χ3v) is 1.77. The van der Waals surface area contributed by atoms with E-state index in [1.165, 1.54) is 6.26 Å². The molecule has 98 valence electrons. The van der Waals surface area contributed by atoms with Crippen molar-refractivity contribution in [2.75, 3.05) is 13.1 Å². The van der Waals surface area contributed by atoms with Gasteiger partial charge in [-0.1, -0.05) is 5.16 Å². The quantitative estimate of drug-likeness (QED) is 0.498. The van der Waals surface area contributed by atoms with E-state index in [9.17, 15) is 14.4 Å². The lowest BCUT2D eigenvalue weighted by atomic mass is 10.4. The molecular weight excluding hydrogens is 244 g/mol. The lowest BCUT2D eigenvalue weighted by molar-refractivity contribution is -0.137. The van der Waals surface area contributed by atoms with E-state index in [-0.39, 0.29) is 13.1 Å². The maximum Gasteiger partial charge on any atom is 0.322 e. The number of aliphatic carboxylic acids is 1. The Morgan fingerprint density at radius 3 is 2.61 bits per heavy atom. The van der Waals surface area contributed by atoms with Crippen LogP contribution in [0.3, 0.4) is 0 Å². The van der Waals surface area contributed by atoms with Gasteiger partial charge in [-0.25, -0.2) is 4.79 Å². The van der Waals surface area contributed by atoms with E-state index in [0.717, 1.165) is 0 Å². The highest BCUT2D eigenvalue weighted by atomic mass is 16.5. The molecule has 0 radical (unpaired) electrons. The Bertz CT molecular complexity index is 417. The van der Waals surface area contributed by atoms with Crippen LogP contribution in [-0.2, 0) is 16.1 Å². The van der Waals surface area contributed by atoms with Crippen molar-refractivity contribution in [3.8, 4) is 0 Å². The van der Waals surface area contributed by atoms with Gasteiger partial charge in [-0.3, -0.25) is 9.59 Å². The van der Waals surface area contributed by atoms with Gasteiger partial charge in [-0.2, -0.15) is 0 Å². The molecular formula is C9H12N4O5. The average molecular weight is 256 g/mol. The van der Waals surface area contributed by atoms with E-state index < -0.39 is 24.5 Å². The monoisotopic (exact) mass is 256 g/mol.